The Balaban J connectivity index is 1.44. The van der Waals surface area contributed by atoms with E-state index in [1.807, 2.05) is 24.0 Å². The van der Waals surface area contributed by atoms with Gasteiger partial charge in [0.2, 0.25) is 0 Å². The van der Waals surface area contributed by atoms with Crippen molar-refractivity contribution in [3.8, 4) is 0 Å². The van der Waals surface area contributed by atoms with Crippen molar-refractivity contribution in [3.05, 3.63) is 64.5 Å². The zero-order valence-electron chi connectivity index (χ0n) is 19.6. The molecule has 2 aliphatic heterocycles. The summed E-state index contributed by atoms with van der Waals surface area (Å²) in [5.41, 5.74) is 1.77. The first-order valence-corrected chi connectivity index (χ1v) is 11.9. The predicted octanol–water partition coefficient (Wildman–Crippen LogP) is 5.30. The van der Waals surface area contributed by atoms with Gasteiger partial charge in [0.15, 0.2) is 0 Å². The third-order valence-corrected chi connectivity index (χ3v) is 6.99. The van der Waals surface area contributed by atoms with Gasteiger partial charge in [-0.1, -0.05) is 6.92 Å². The molecule has 8 heteroatoms. The van der Waals surface area contributed by atoms with E-state index in [4.69, 9.17) is 4.98 Å². The SMILES string of the molecule is Cc1ccc(C(=O)N2CCC(C)CC2)c(C2CCN(C(=O)c3ccc(C(F)(F)F)cc3)CC2)n1. The van der Waals surface area contributed by atoms with Crippen molar-refractivity contribution in [2.75, 3.05) is 26.2 Å². The predicted molar refractivity (Wildman–Crippen MR) is 123 cm³/mol. The maximum Gasteiger partial charge on any atom is 0.416 e. The highest BCUT2D eigenvalue weighted by molar-refractivity contribution is 5.96. The number of pyridine rings is 1. The van der Waals surface area contributed by atoms with E-state index in [-0.39, 0.29) is 23.3 Å². The van der Waals surface area contributed by atoms with E-state index >= 15 is 0 Å². The zero-order chi connectivity index (χ0) is 24.5. The fraction of sp³-hybridized carbons (Fsp3) is 0.500. The van der Waals surface area contributed by atoms with Gasteiger partial charge in [-0.15, -0.1) is 0 Å². The summed E-state index contributed by atoms with van der Waals surface area (Å²) < 4.78 is 38.4. The first-order valence-electron chi connectivity index (χ1n) is 11.9. The molecule has 0 atom stereocenters. The quantitative estimate of drug-likeness (QED) is 0.608. The molecule has 2 fully saturated rings. The molecule has 0 saturated carbocycles. The molecule has 0 spiro atoms. The second-order valence-corrected chi connectivity index (χ2v) is 9.50. The van der Waals surface area contributed by atoms with Crippen LogP contribution in [0.5, 0.6) is 0 Å². The third-order valence-electron chi connectivity index (χ3n) is 6.99. The molecule has 182 valence electrons. The molecular weight excluding hydrogens is 443 g/mol. The number of rotatable bonds is 3. The van der Waals surface area contributed by atoms with Gasteiger partial charge in [-0.25, -0.2) is 0 Å². The second kappa shape index (κ2) is 9.76. The van der Waals surface area contributed by atoms with Gasteiger partial charge in [-0.3, -0.25) is 14.6 Å². The van der Waals surface area contributed by atoms with Gasteiger partial charge in [0.25, 0.3) is 11.8 Å². The number of aromatic nitrogens is 1. The Morgan fingerprint density at radius 3 is 2.00 bits per heavy atom. The molecule has 0 aliphatic carbocycles. The normalized spacial score (nSPS) is 18.3. The second-order valence-electron chi connectivity index (χ2n) is 9.50. The van der Waals surface area contributed by atoms with Crippen molar-refractivity contribution in [1.29, 1.82) is 0 Å². The lowest BCUT2D eigenvalue weighted by Crippen LogP contribution is -2.40. The highest BCUT2D eigenvalue weighted by Crippen LogP contribution is 2.32. The molecule has 1 aromatic heterocycles. The van der Waals surface area contributed by atoms with Crippen molar-refractivity contribution in [2.24, 2.45) is 5.92 Å². The summed E-state index contributed by atoms with van der Waals surface area (Å²) in [4.78, 5) is 34.4. The molecule has 0 N–H and O–H groups in total. The maximum absolute atomic E-state index is 13.3. The molecule has 0 radical (unpaired) electrons. The standard InChI is InChI=1S/C26H30F3N3O2/c1-17-9-13-32(14-10-17)25(34)22-8-3-18(2)30-23(22)19-11-15-31(16-12-19)24(33)20-4-6-21(7-5-20)26(27,28)29/h3-8,17,19H,9-16H2,1-2H3. The summed E-state index contributed by atoms with van der Waals surface area (Å²) in [6.07, 6.45) is -1.11. The van der Waals surface area contributed by atoms with E-state index in [2.05, 4.69) is 6.92 Å². The van der Waals surface area contributed by atoms with E-state index in [0.717, 1.165) is 49.5 Å². The van der Waals surface area contributed by atoms with Gasteiger partial charge in [0, 0.05) is 43.4 Å². The Hall–Kier alpha value is -2.90. The summed E-state index contributed by atoms with van der Waals surface area (Å²) in [5.74, 6) is 0.436. The molecule has 1 aromatic carbocycles. The van der Waals surface area contributed by atoms with Crippen LogP contribution in [0.3, 0.4) is 0 Å². The van der Waals surface area contributed by atoms with E-state index in [9.17, 15) is 22.8 Å². The van der Waals surface area contributed by atoms with Crippen molar-refractivity contribution in [1.82, 2.24) is 14.8 Å². The van der Waals surface area contributed by atoms with Gasteiger partial charge >= 0.3 is 6.18 Å². The number of piperidine rings is 2. The van der Waals surface area contributed by atoms with E-state index in [1.165, 1.54) is 12.1 Å². The Kier molecular flexibility index (Phi) is 6.96. The van der Waals surface area contributed by atoms with Gasteiger partial charge in [0.05, 0.1) is 16.8 Å². The van der Waals surface area contributed by atoms with Crippen LogP contribution in [0, 0.1) is 12.8 Å². The molecule has 4 rings (SSSR count). The fourth-order valence-corrected chi connectivity index (χ4v) is 4.79. The van der Waals surface area contributed by atoms with Crippen molar-refractivity contribution < 1.29 is 22.8 Å². The summed E-state index contributed by atoms with van der Waals surface area (Å²) in [6, 6.07) is 8.08. The van der Waals surface area contributed by atoms with Crippen molar-refractivity contribution >= 4 is 11.8 Å². The lowest BCUT2D eigenvalue weighted by Gasteiger charge is -2.34. The Labute approximate surface area is 198 Å². The molecule has 2 saturated heterocycles. The number of amides is 2. The Bertz CT molecular complexity index is 1040. The van der Waals surface area contributed by atoms with Gasteiger partial charge in [-0.05, 0) is 74.9 Å². The summed E-state index contributed by atoms with van der Waals surface area (Å²) in [6.45, 7) is 6.56. The molecule has 2 aliphatic rings. The average Bonchev–Trinajstić information content (AvgIpc) is 2.83. The molecule has 3 heterocycles. The van der Waals surface area contributed by atoms with Gasteiger partial charge in [0.1, 0.15) is 0 Å². The van der Waals surface area contributed by atoms with Crippen LogP contribution in [0.1, 0.15) is 76.2 Å². The van der Waals surface area contributed by atoms with Gasteiger partial charge < -0.3 is 9.80 Å². The first kappa shape index (κ1) is 24.2. The number of hydrogen-bond acceptors (Lipinski definition) is 3. The van der Waals surface area contributed by atoms with E-state index in [0.29, 0.717) is 37.4 Å². The zero-order valence-corrected chi connectivity index (χ0v) is 19.6. The lowest BCUT2D eigenvalue weighted by molar-refractivity contribution is -0.137. The van der Waals surface area contributed by atoms with Crippen LogP contribution in [0.15, 0.2) is 36.4 Å². The first-order chi connectivity index (χ1) is 16.1. The minimum atomic E-state index is -4.43. The number of nitrogens with zero attached hydrogens (tertiary/aromatic N) is 3. The molecule has 34 heavy (non-hydrogen) atoms. The number of alkyl halides is 3. The molecule has 0 unspecified atom stereocenters. The third kappa shape index (κ3) is 5.26. The number of likely N-dealkylation sites (tertiary alicyclic amines) is 2. The Morgan fingerprint density at radius 1 is 0.853 bits per heavy atom. The number of aryl methyl sites for hydroxylation is 1. The van der Waals surface area contributed by atoms with Crippen molar-refractivity contribution in [3.63, 3.8) is 0 Å². The lowest BCUT2D eigenvalue weighted by atomic mass is 9.89. The van der Waals surface area contributed by atoms with E-state index < -0.39 is 11.7 Å². The number of carbonyl (C=O) groups excluding carboxylic acids is 2. The molecule has 5 nitrogen and oxygen atoms in total. The monoisotopic (exact) mass is 473 g/mol. The topological polar surface area (TPSA) is 53.5 Å². The molecule has 0 bridgehead atoms. The minimum Gasteiger partial charge on any atom is -0.339 e. The van der Waals surface area contributed by atoms with Crippen LogP contribution in [0.2, 0.25) is 0 Å². The summed E-state index contributed by atoms with van der Waals surface area (Å²) in [7, 11) is 0. The van der Waals surface area contributed by atoms with Crippen LogP contribution in [0.4, 0.5) is 13.2 Å². The highest BCUT2D eigenvalue weighted by atomic mass is 19.4. The van der Waals surface area contributed by atoms with Crippen LogP contribution in [-0.2, 0) is 6.18 Å². The number of carbonyl (C=O) groups is 2. The van der Waals surface area contributed by atoms with Gasteiger partial charge in [-0.2, -0.15) is 13.2 Å². The average molecular weight is 474 g/mol. The number of benzene rings is 1. The number of halogens is 3. The smallest absolute Gasteiger partial charge is 0.339 e. The van der Waals surface area contributed by atoms with Crippen LogP contribution in [-0.4, -0.2) is 52.8 Å². The van der Waals surface area contributed by atoms with Crippen molar-refractivity contribution in [2.45, 2.75) is 51.6 Å². The van der Waals surface area contributed by atoms with Crippen LogP contribution < -0.4 is 0 Å². The highest BCUT2D eigenvalue weighted by Gasteiger charge is 2.32. The molecule has 2 aromatic rings. The van der Waals surface area contributed by atoms with E-state index in [1.54, 1.807) is 4.90 Å². The summed E-state index contributed by atoms with van der Waals surface area (Å²) in [5, 5.41) is 0. The fourth-order valence-electron chi connectivity index (χ4n) is 4.79. The number of hydrogen-bond donors (Lipinski definition) is 0. The maximum atomic E-state index is 13.3. The molecule has 2 amide bonds. The Morgan fingerprint density at radius 2 is 1.41 bits per heavy atom. The molecular formula is C26H30F3N3O2. The largest absolute Gasteiger partial charge is 0.416 e. The van der Waals surface area contributed by atoms with Crippen LogP contribution in [0.25, 0.3) is 0 Å². The van der Waals surface area contributed by atoms with Crippen LogP contribution >= 0.6 is 0 Å². The summed E-state index contributed by atoms with van der Waals surface area (Å²) >= 11 is 0. The minimum absolute atomic E-state index is 0.0256.